The zero-order valence-electron chi connectivity index (χ0n) is 17.1. The Morgan fingerprint density at radius 1 is 1.10 bits per heavy atom. The summed E-state index contributed by atoms with van der Waals surface area (Å²) in [6.45, 7) is -0.0938. The second kappa shape index (κ2) is 13.0. The third-order valence-corrected chi connectivity index (χ3v) is 4.77. The Bertz CT molecular complexity index is 921. The van der Waals surface area contributed by atoms with Crippen molar-refractivity contribution in [3.8, 4) is 0 Å². The van der Waals surface area contributed by atoms with Gasteiger partial charge < -0.3 is 19.5 Å². The molecule has 164 valence electrons. The molecule has 9 nitrogen and oxygen atoms in total. The molecule has 0 spiro atoms. The van der Waals surface area contributed by atoms with Crippen LogP contribution in [0.4, 0.5) is 10.5 Å². The van der Waals surface area contributed by atoms with E-state index in [1.54, 1.807) is 17.8 Å². The van der Waals surface area contributed by atoms with Gasteiger partial charge in [0.05, 0.1) is 7.11 Å². The Labute approximate surface area is 184 Å². The maximum atomic E-state index is 12.2. The molecule has 0 aliphatic carbocycles. The summed E-state index contributed by atoms with van der Waals surface area (Å²) in [5.74, 6) is -0.117. The van der Waals surface area contributed by atoms with Crippen LogP contribution in [-0.2, 0) is 30.2 Å². The average Bonchev–Trinajstić information content (AvgIpc) is 2.76. The van der Waals surface area contributed by atoms with Gasteiger partial charge in [0.15, 0.2) is 12.5 Å². The molecular formula is C21H23N3O6S. The van der Waals surface area contributed by atoms with Crippen molar-refractivity contribution in [1.29, 1.82) is 0 Å². The second-order valence-electron chi connectivity index (χ2n) is 6.02. The first-order valence-electron chi connectivity index (χ1n) is 9.14. The van der Waals surface area contributed by atoms with Crippen molar-refractivity contribution in [1.82, 2.24) is 5.32 Å². The Morgan fingerprint density at radius 2 is 1.87 bits per heavy atom. The van der Waals surface area contributed by atoms with Crippen LogP contribution in [0, 0.1) is 0 Å². The number of hydrogen-bond acceptors (Lipinski definition) is 8. The SMILES string of the molecule is COCC(=O)Cc1cc(Sc2ccccc2)ccc1NC(=NCOC=O)NC(=O)OC. The Balaban J connectivity index is 2.30. The van der Waals surface area contributed by atoms with Crippen molar-refractivity contribution in [2.45, 2.75) is 16.2 Å². The van der Waals surface area contributed by atoms with Crippen molar-refractivity contribution in [3.05, 3.63) is 54.1 Å². The number of alkyl carbamates (subject to hydrolysis) is 1. The molecule has 2 aromatic carbocycles. The summed E-state index contributed by atoms with van der Waals surface area (Å²) in [5, 5.41) is 5.35. The zero-order valence-corrected chi connectivity index (χ0v) is 17.9. The van der Waals surface area contributed by atoms with Gasteiger partial charge in [-0.2, -0.15) is 0 Å². The highest BCUT2D eigenvalue weighted by atomic mass is 32.2. The first kappa shape index (κ1) is 23.9. The first-order valence-corrected chi connectivity index (χ1v) is 9.95. The lowest BCUT2D eigenvalue weighted by Crippen LogP contribution is -2.36. The number of carbonyl (C=O) groups excluding carboxylic acids is 3. The minimum Gasteiger partial charge on any atom is -0.453 e. The highest BCUT2D eigenvalue weighted by Crippen LogP contribution is 2.30. The molecular weight excluding hydrogens is 422 g/mol. The van der Waals surface area contributed by atoms with Gasteiger partial charge in [0, 0.05) is 29.0 Å². The molecule has 10 heteroatoms. The summed E-state index contributed by atoms with van der Waals surface area (Å²) < 4.78 is 14.1. The second-order valence-corrected chi connectivity index (χ2v) is 7.17. The monoisotopic (exact) mass is 445 g/mol. The fourth-order valence-corrected chi connectivity index (χ4v) is 3.37. The highest BCUT2D eigenvalue weighted by molar-refractivity contribution is 7.99. The van der Waals surface area contributed by atoms with E-state index in [2.05, 4.69) is 25.1 Å². The van der Waals surface area contributed by atoms with Crippen LogP contribution >= 0.6 is 11.8 Å². The van der Waals surface area contributed by atoms with Crippen LogP contribution in [0.3, 0.4) is 0 Å². The zero-order chi connectivity index (χ0) is 22.5. The lowest BCUT2D eigenvalue weighted by molar-refractivity contribution is -0.128. The number of methoxy groups -OCH3 is 2. The Kier molecular flexibility index (Phi) is 10.1. The van der Waals surface area contributed by atoms with Gasteiger partial charge in [-0.3, -0.25) is 14.9 Å². The number of ether oxygens (including phenoxy) is 3. The van der Waals surface area contributed by atoms with Gasteiger partial charge in [-0.1, -0.05) is 30.0 Å². The predicted molar refractivity (Wildman–Crippen MR) is 116 cm³/mol. The van der Waals surface area contributed by atoms with Crippen LogP contribution in [0.15, 0.2) is 63.3 Å². The largest absolute Gasteiger partial charge is 0.453 e. The molecule has 0 saturated heterocycles. The number of benzene rings is 2. The molecule has 0 fully saturated rings. The molecule has 0 atom stereocenters. The number of rotatable bonds is 10. The number of carbonyl (C=O) groups is 3. The number of anilines is 1. The molecule has 0 saturated carbocycles. The van der Waals surface area contributed by atoms with E-state index in [1.165, 1.54) is 14.2 Å². The molecule has 2 aromatic rings. The molecule has 31 heavy (non-hydrogen) atoms. The lowest BCUT2D eigenvalue weighted by Gasteiger charge is -2.15. The van der Waals surface area contributed by atoms with Crippen LogP contribution in [0.2, 0.25) is 0 Å². The van der Waals surface area contributed by atoms with Gasteiger partial charge in [0.1, 0.15) is 6.61 Å². The van der Waals surface area contributed by atoms with Crippen molar-refractivity contribution < 1.29 is 28.6 Å². The van der Waals surface area contributed by atoms with Crippen LogP contribution in [0.1, 0.15) is 5.56 Å². The average molecular weight is 445 g/mol. The molecule has 2 rings (SSSR count). The van der Waals surface area contributed by atoms with E-state index in [4.69, 9.17) is 4.74 Å². The topological polar surface area (TPSA) is 115 Å². The number of nitrogens with zero attached hydrogens (tertiary/aromatic N) is 1. The van der Waals surface area contributed by atoms with Crippen LogP contribution in [-0.4, -0.2) is 51.9 Å². The van der Waals surface area contributed by atoms with Crippen molar-refractivity contribution in [2.75, 3.05) is 32.9 Å². The van der Waals surface area contributed by atoms with E-state index in [0.717, 1.165) is 9.79 Å². The van der Waals surface area contributed by atoms with Crippen molar-refractivity contribution in [3.63, 3.8) is 0 Å². The highest BCUT2D eigenvalue weighted by Gasteiger charge is 2.13. The third kappa shape index (κ3) is 8.49. The molecule has 0 heterocycles. The predicted octanol–water partition coefficient (Wildman–Crippen LogP) is 2.85. The lowest BCUT2D eigenvalue weighted by atomic mass is 10.1. The molecule has 0 bridgehead atoms. The molecule has 0 unspecified atom stereocenters. The maximum Gasteiger partial charge on any atom is 0.413 e. The van der Waals surface area contributed by atoms with E-state index in [1.807, 2.05) is 42.5 Å². The Morgan fingerprint density at radius 3 is 2.55 bits per heavy atom. The fourth-order valence-electron chi connectivity index (χ4n) is 2.47. The molecule has 2 N–H and O–H groups in total. The smallest absolute Gasteiger partial charge is 0.413 e. The maximum absolute atomic E-state index is 12.2. The molecule has 1 amide bonds. The molecule has 0 aliphatic heterocycles. The van der Waals surface area contributed by atoms with Crippen molar-refractivity contribution >= 4 is 41.8 Å². The van der Waals surface area contributed by atoms with Gasteiger partial charge in [-0.05, 0) is 35.9 Å². The van der Waals surface area contributed by atoms with E-state index >= 15 is 0 Å². The Hall–Kier alpha value is -3.37. The van der Waals surface area contributed by atoms with Gasteiger partial charge in [-0.25, -0.2) is 9.79 Å². The van der Waals surface area contributed by atoms with E-state index in [-0.39, 0.29) is 38.0 Å². The number of ketones is 1. The van der Waals surface area contributed by atoms with Crippen LogP contribution < -0.4 is 10.6 Å². The summed E-state index contributed by atoms with van der Waals surface area (Å²) in [5.41, 5.74) is 1.22. The molecule has 0 radical (unpaired) electrons. The van der Waals surface area contributed by atoms with E-state index < -0.39 is 6.09 Å². The summed E-state index contributed by atoms with van der Waals surface area (Å²) in [6.07, 6.45) is -0.652. The van der Waals surface area contributed by atoms with Gasteiger partial charge in [0.2, 0.25) is 5.96 Å². The summed E-state index contributed by atoms with van der Waals surface area (Å²) in [6, 6.07) is 15.3. The quantitative estimate of drug-likeness (QED) is 0.248. The number of Topliss-reactive ketones (excluding diaryl/α,β-unsaturated/α-hetero) is 1. The normalized spacial score (nSPS) is 10.8. The molecule has 0 aromatic heterocycles. The van der Waals surface area contributed by atoms with Crippen LogP contribution in [0.5, 0.6) is 0 Å². The summed E-state index contributed by atoms with van der Waals surface area (Å²) >= 11 is 1.55. The third-order valence-electron chi connectivity index (χ3n) is 3.77. The van der Waals surface area contributed by atoms with Gasteiger partial charge in [-0.15, -0.1) is 0 Å². The van der Waals surface area contributed by atoms with E-state index in [9.17, 15) is 14.4 Å². The number of amides is 1. The number of hydrogen-bond donors (Lipinski definition) is 2. The van der Waals surface area contributed by atoms with E-state index in [0.29, 0.717) is 11.3 Å². The summed E-state index contributed by atoms with van der Waals surface area (Å²) in [4.78, 5) is 40.2. The van der Waals surface area contributed by atoms with Gasteiger partial charge >= 0.3 is 6.09 Å². The standard InChI is InChI=1S/C21H23N3O6S/c1-28-12-16(26)10-15-11-18(31-17-6-4-3-5-7-17)8-9-19(15)23-20(22-13-30-14-25)24-21(27)29-2/h3-9,11,14H,10,12-13H2,1-2H3,(H2,22,23,24,27). The number of nitrogens with one attached hydrogen (secondary N) is 2. The first-order chi connectivity index (χ1) is 15.0. The minimum absolute atomic E-state index is 0.00222. The minimum atomic E-state index is -0.759. The van der Waals surface area contributed by atoms with Gasteiger partial charge in [0.25, 0.3) is 6.47 Å². The number of aliphatic imine (C=N–C) groups is 1. The molecule has 0 aliphatic rings. The number of guanidine groups is 1. The fraction of sp³-hybridized carbons (Fsp3) is 0.238. The van der Waals surface area contributed by atoms with Crippen LogP contribution in [0.25, 0.3) is 0 Å². The van der Waals surface area contributed by atoms with Crippen molar-refractivity contribution in [2.24, 2.45) is 4.99 Å². The summed E-state index contributed by atoms with van der Waals surface area (Å²) in [7, 11) is 2.66.